The van der Waals surface area contributed by atoms with Crippen molar-refractivity contribution in [3.8, 4) is 0 Å². The Morgan fingerprint density at radius 1 is 0.656 bits per heavy atom. The molecule has 4 N–H and O–H groups in total. The van der Waals surface area contributed by atoms with E-state index < -0.39 is 0 Å². The zero-order valence-corrected chi connectivity index (χ0v) is 16.8. The van der Waals surface area contributed by atoms with Crippen molar-refractivity contribution in [3.05, 3.63) is 94.0 Å². The molecule has 8 heteroatoms. The normalized spacial score (nSPS) is 13.6. The average molecular weight is 426 g/mol. The van der Waals surface area contributed by atoms with Crippen molar-refractivity contribution in [2.45, 2.75) is 13.1 Å². The van der Waals surface area contributed by atoms with E-state index in [9.17, 15) is 19.2 Å². The van der Waals surface area contributed by atoms with Crippen molar-refractivity contribution in [2.24, 2.45) is 0 Å². The minimum atomic E-state index is -0.386. The average Bonchev–Trinajstić information content (AvgIpc) is 3.38. The number of fused-ring (bicyclic) bond motifs is 2. The van der Waals surface area contributed by atoms with Crippen LogP contribution in [0.25, 0.3) is 0 Å². The highest BCUT2D eigenvalue weighted by Crippen LogP contribution is 2.26. The van der Waals surface area contributed by atoms with Crippen molar-refractivity contribution in [1.82, 2.24) is 10.6 Å². The molecule has 0 bridgehead atoms. The standard InChI is InChI=1S/C24H18N4O4/c29-21(27-19-8-2-6-15-17(19)11-25-23(15)31)13-4-1-5-14(10-13)22(30)28-20-9-3-7-16-18(20)12-26-24(16)32/h1-10H,11-12H2,(H,25,31)(H,26,32)(H,27,29)(H,28,30). The topological polar surface area (TPSA) is 116 Å². The number of anilines is 2. The fraction of sp³-hybridized carbons (Fsp3) is 0.0833. The van der Waals surface area contributed by atoms with Gasteiger partial charge in [0.15, 0.2) is 0 Å². The third-order valence-corrected chi connectivity index (χ3v) is 5.58. The third-order valence-electron chi connectivity index (χ3n) is 5.58. The maximum Gasteiger partial charge on any atom is 0.255 e. The van der Waals surface area contributed by atoms with Crippen LogP contribution in [0.5, 0.6) is 0 Å². The van der Waals surface area contributed by atoms with Crippen molar-refractivity contribution < 1.29 is 19.2 Å². The molecule has 4 amide bonds. The summed E-state index contributed by atoms with van der Waals surface area (Å²) in [5, 5.41) is 11.1. The van der Waals surface area contributed by atoms with Gasteiger partial charge in [0, 0.05) is 57.8 Å². The van der Waals surface area contributed by atoms with Crippen LogP contribution in [-0.2, 0) is 13.1 Å². The molecule has 2 heterocycles. The van der Waals surface area contributed by atoms with Crippen LogP contribution in [0.1, 0.15) is 52.6 Å². The first-order chi connectivity index (χ1) is 15.5. The van der Waals surface area contributed by atoms with E-state index in [0.717, 1.165) is 11.1 Å². The molecule has 8 nitrogen and oxygen atoms in total. The van der Waals surface area contributed by atoms with E-state index in [1.165, 1.54) is 6.07 Å². The van der Waals surface area contributed by atoms with Gasteiger partial charge in [-0.05, 0) is 42.5 Å². The third kappa shape index (κ3) is 3.37. The Bertz CT molecular complexity index is 1220. The molecule has 0 aliphatic carbocycles. The first kappa shape index (κ1) is 19.5. The Labute approximate surface area is 183 Å². The largest absolute Gasteiger partial charge is 0.348 e. The second-order valence-corrected chi connectivity index (χ2v) is 7.52. The molecular formula is C24H18N4O4. The second-order valence-electron chi connectivity index (χ2n) is 7.52. The van der Waals surface area contributed by atoms with Gasteiger partial charge in [-0.15, -0.1) is 0 Å². The molecule has 3 aromatic rings. The van der Waals surface area contributed by atoms with Gasteiger partial charge < -0.3 is 21.3 Å². The zero-order valence-electron chi connectivity index (χ0n) is 16.8. The molecule has 0 unspecified atom stereocenters. The Balaban J connectivity index is 1.35. The van der Waals surface area contributed by atoms with Crippen LogP contribution in [0.2, 0.25) is 0 Å². The summed E-state index contributed by atoms with van der Waals surface area (Å²) >= 11 is 0. The van der Waals surface area contributed by atoms with E-state index in [1.54, 1.807) is 54.6 Å². The van der Waals surface area contributed by atoms with E-state index in [1.807, 2.05) is 0 Å². The Morgan fingerprint density at radius 2 is 1.09 bits per heavy atom. The predicted molar refractivity (Wildman–Crippen MR) is 118 cm³/mol. The second kappa shape index (κ2) is 7.66. The Hall–Kier alpha value is -4.46. The summed E-state index contributed by atoms with van der Waals surface area (Å²) in [7, 11) is 0. The quantitative estimate of drug-likeness (QED) is 0.513. The predicted octanol–water partition coefficient (Wildman–Crippen LogP) is 2.68. The van der Waals surface area contributed by atoms with Gasteiger partial charge in [-0.2, -0.15) is 0 Å². The number of benzene rings is 3. The van der Waals surface area contributed by atoms with E-state index in [2.05, 4.69) is 21.3 Å². The Morgan fingerprint density at radius 3 is 1.56 bits per heavy atom. The summed E-state index contributed by atoms with van der Waals surface area (Å²) < 4.78 is 0. The molecule has 0 atom stereocenters. The van der Waals surface area contributed by atoms with Gasteiger partial charge in [-0.25, -0.2) is 0 Å². The number of amides is 4. The van der Waals surface area contributed by atoms with Gasteiger partial charge in [0.1, 0.15) is 0 Å². The molecule has 2 aliphatic rings. The maximum absolute atomic E-state index is 12.8. The van der Waals surface area contributed by atoms with E-state index >= 15 is 0 Å². The molecule has 3 aromatic carbocycles. The number of nitrogens with one attached hydrogen (secondary N) is 4. The van der Waals surface area contributed by atoms with Crippen molar-refractivity contribution in [3.63, 3.8) is 0 Å². The molecule has 2 aliphatic heterocycles. The molecule has 158 valence electrons. The van der Waals surface area contributed by atoms with Crippen LogP contribution >= 0.6 is 0 Å². The van der Waals surface area contributed by atoms with Gasteiger partial charge in [0.05, 0.1) is 0 Å². The zero-order chi connectivity index (χ0) is 22.2. The lowest BCUT2D eigenvalue weighted by molar-refractivity contribution is 0.0957. The first-order valence-electron chi connectivity index (χ1n) is 10.0. The van der Waals surface area contributed by atoms with Crippen LogP contribution in [0.3, 0.4) is 0 Å². The minimum Gasteiger partial charge on any atom is -0.348 e. The summed E-state index contributed by atoms with van der Waals surface area (Å²) in [5.74, 6) is -1.11. The van der Waals surface area contributed by atoms with Gasteiger partial charge in [0.2, 0.25) is 0 Å². The monoisotopic (exact) mass is 426 g/mol. The molecule has 0 radical (unpaired) electrons. The lowest BCUT2D eigenvalue weighted by Gasteiger charge is -2.11. The number of carbonyl (C=O) groups excluding carboxylic acids is 4. The summed E-state index contributed by atoms with van der Waals surface area (Å²) in [6.45, 7) is 0.706. The smallest absolute Gasteiger partial charge is 0.255 e. The highest BCUT2D eigenvalue weighted by atomic mass is 16.2. The van der Waals surface area contributed by atoms with E-state index in [-0.39, 0.29) is 23.6 Å². The molecule has 0 saturated heterocycles. The molecule has 0 fully saturated rings. The number of hydrogen-bond donors (Lipinski definition) is 4. The SMILES string of the molecule is O=C(Nc1cccc2c1CNC2=O)c1cccc(C(=O)Nc2cccc3c2CNC3=O)c1. The maximum atomic E-state index is 12.8. The lowest BCUT2D eigenvalue weighted by atomic mass is 10.1. The van der Waals surface area contributed by atoms with Crippen LogP contribution in [0.15, 0.2) is 60.7 Å². The molecule has 0 saturated carbocycles. The van der Waals surface area contributed by atoms with Crippen LogP contribution in [0, 0.1) is 0 Å². The highest BCUT2D eigenvalue weighted by molar-refractivity contribution is 6.10. The van der Waals surface area contributed by atoms with E-state index in [0.29, 0.717) is 46.7 Å². The number of carbonyl (C=O) groups is 4. The minimum absolute atomic E-state index is 0.168. The molecule has 0 spiro atoms. The number of rotatable bonds is 4. The Kier molecular flexibility index (Phi) is 4.67. The summed E-state index contributed by atoms with van der Waals surface area (Å²) in [6, 6.07) is 16.7. The number of hydrogen-bond acceptors (Lipinski definition) is 4. The van der Waals surface area contributed by atoms with Gasteiger partial charge in [-0.1, -0.05) is 18.2 Å². The van der Waals surface area contributed by atoms with Gasteiger partial charge in [-0.3, -0.25) is 19.2 Å². The highest BCUT2D eigenvalue weighted by Gasteiger charge is 2.24. The fourth-order valence-corrected chi connectivity index (χ4v) is 3.93. The van der Waals surface area contributed by atoms with Crippen LogP contribution in [-0.4, -0.2) is 23.6 Å². The molecule has 0 aromatic heterocycles. The lowest BCUT2D eigenvalue weighted by Crippen LogP contribution is -2.17. The van der Waals surface area contributed by atoms with Gasteiger partial charge >= 0.3 is 0 Å². The van der Waals surface area contributed by atoms with Crippen LogP contribution < -0.4 is 21.3 Å². The molecule has 5 rings (SSSR count). The molecular weight excluding hydrogens is 408 g/mol. The molecule has 32 heavy (non-hydrogen) atoms. The first-order valence-corrected chi connectivity index (χ1v) is 10.0. The summed E-state index contributed by atoms with van der Waals surface area (Å²) in [6.07, 6.45) is 0. The summed E-state index contributed by atoms with van der Waals surface area (Å²) in [4.78, 5) is 49.3. The fourth-order valence-electron chi connectivity index (χ4n) is 3.93. The van der Waals surface area contributed by atoms with Gasteiger partial charge in [0.25, 0.3) is 23.6 Å². The van der Waals surface area contributed by atoms with Crippen molar-refractivity contribution in [1.29, 1.82) is 0 Å². The van der Waals surface area contributed by atoms with Crippen molar-refractivity contribution in [2.75, 3.05) is 10.6 Å². The van der Waals surface area contributed by atoms with E-state index in [4.69, 9.17) is 0 Å². The van der Waals surface area contributed by atoms with Crippen LogP contribution in [0.4, 0.5) is 11.4 Å². The van der Waals surface area contributed by atoms with Crippen molar-refractivity contribution >= 4 is 35.0 Å². The summed E-state index contributed by atoms with van der Waals surface area (Å²) in [5.41, 5.74) is 4.28.